The summed E-state index contributed by atoms with van der Waals surface area (Å²) in [6.07, 6.45) is 0. The van der Waals surface area contributed by atoms with Crippen LogP contribution >= 0.6 is 11.3 Å². The van der Waals surface area contributed by atoms with E-state index in [-0.39, 0.29) is 22.6 Å². The number of nitro groups is 1. The molecule has 0 atom stereocenters. The molecule has 0 unspecified atom stereocenters. The topological polar surface area (TPSA) is 108 Å². The van der Waals surface area contributed by atoms with E-state index in [9.17, 15) is 19.7 Å². The molecule has 0 saturated carbocycles. The molecule has 0 radical (unpaired) electrons. The van der Waals surface area contributed by atoms with Crippen LogP contribution in [0.1, 0.15) is 25.6 Å². The Kier molecular flexibility index (Phi) is 5.14. The molecule has 0 bridgehead atoms. The van der Waals surface area contributed by atoms with Crippen LogP contribution in [0.2, 0.25) is 0 Å². The van der Waals surface area contributed by atoms with Gasteiger partial charge in [0.15, 0.2) is 5.75 Å². The molecule has 2 aromatic rings. The van der Waals surface area contributed by atoms with Crippen molar-refractivity contribution in [1.82, 2.24) is 0 Å². The van der Waals surface area contributed by atoms with Gasteiger partial charge in [0, 0.05) is 16.5 Å². The summed E-state index contributed by atoms with van der Waals surface area (Å²) in [7, 11) is 2.55. The summed E-state index contributed by atoms with van der Waals surface area (Å²) in [5, 5.41) is 13.9. The van der Waals surface area contributed by atoms with Crippen LogP contribution in [0.25, 0.3) is 0 Å². The van der Waals surface area contributed by atoms with Crippen LogP contribution in [0, 0.1) is 17.0 Å². The van der Waals surface area contributed by atoms with Crippen molar-refractivity contribution in [1.29, 1.82) is 0 Å². The van der Waals surface area contributed by atoms with Crippen molar-refractivity contribution in [3.63, 3.8) is 0 Å². The number of nitrogens with one attached hydrogen (secondary N) is 1. The Morgan fingerprint density at radius 2 is 1.96 bits per heavy atom. The number of nitro benzene ring substituents is 1. The van der Waals surface area contributed by atoms with E-state index in [0.717, 1.165) is 10.9 Å². The fraction of sp³-hybridized carbons (Fsp3) is 0.200. The second kappa shape index (κ2) is 7.09. The molecule has 1 aromatic carbocycles. The third-order valence-electron chi connectivity index (χ3n) is 3.13. The van der Waals surface area contributed by atoms with Crippen LogP contribution in [0.3, 0.4) is 0 Å². The number of hydrogen-bond donors (Lipinski definition) is 1. The highest BCUT2D eigenvalue weighted by Crippen LogP contribution is 2.30. The molecular weight excluding hydrogens is 336 g/mol. The molecule has 1 amide bonds. The van der Waals surface area contributed by atoms with Gasteiger partial charge in [-0.2, -0.15) is 0 Å². The van der Waals surface area contributed by atoms with Gasteiger partial charge in [-0.05, 0) is 25.1 Å². The average Bonchev–Trinajstić information content (AvgIpc) is 2.93. The van der Waals surface area contributed by atoms with E-state index in [1.54, 1.807) is 13.0 Å². The summed E-state index contributed by atoms with van der Waals surface area (Å²) in [6.45, 7) is 1.78. The van der Waals surface area contributed by atoms with Gasteiger partial charge in [0.25, 0.3) is 5.91 Å². The third-order valence-corrected chi connectivity index (χ3v) is 4.09. The van der Waals surface area contributed by atoms with E-state index in [1.165, 1.54) is 37.7 Å². The summed E-state index contributed by atoms with van der Waals surface area (Å²) in [5.74, 6) is -1.10. The maximum Gasteiger partial charge on any atom is 0.340 e. The van der Waals surface area contributed by atoms with Gasteiger partial charge in [0.2, 0.25) is 0 Å². The van der Waals surface area contributed by atoms with Crippen LogP contribution in [0.15, 0.2) is 24.3 Å². The van der Waals surface area contributed by atoms with Gasteiger partial charge in [0.1, 0.15) is 5.00 Å². The smallest absolute Gasteiger partial charge is 0.340 e. The lowest BCUT2D eigenvalue weighted by molar-refractivity contribution is -0.385. The SMILES string of the molecule is COC(=O)c1cc(C)sc1NC(=O)c1ccc(OC)c([N+](=O)[O-])c1. The maximum absolute atomic E-state index is 12.3. The highest BCUT2D eigenvalue weighted by atomic mass is 32.1. The van der Waals surface area contributed by atoms with E-state index in [0.29, 0.717) is 5.00 Å². The number of rotatable bonds is 5. The van der Waals surface area contributed by atoms with E-state index in [2.05, 4.69) is 10.1 Å². The zero-order chi connectivity index (χ0) is 17.9. The van der Waals surface area contributed by atoms with Gasteiger partial charge >= 0.3 is 11.7 Å². The number of aryl methyl sites for hydroxylation is 1. The molecule has 1 aromatic heterocycles. The quantitative estimate of drug-likeness (QED) is 0.504. The zero-order valence-corrected chi connectivity index (χ0v) is 13.9. The van der Waals surface area contributed by atoms with Crippen LogP contribution in [0.5, 0.6) is 5.75 Å². The molecular formula is C15H14N2O6S. The number of ether oxygens (including phenoxy) is 2. The Morgan fingerprint density at radius 1 is 1.25 bits per heavy atom. The first-order valence-corrected chi connectivity index (χ1v) is 7.51. The summed E-state index contributed by atoms with van der Waals surface area (Å²) >= 11 is 1.21. The number of carbonyl (C=O) groups excluding carboxylic acids is 2. The van der Waals surface area contributed by atoms with Crippen molar-refractivity contribution in [2.24, 2.45) is 0 Å². The number of methoxy groups -OCH3 is 2. The van der Waals surface area contributed by atoms with Crippen molar-refractivity contribution < 1.29 is 24.0 Å². The van der Waals surface area contributed by atoms with E-state index < -0.39 is 16.8 Å². The number of esters is 1. The maximum atomic E-state index is 12.3. The lowest BCUT2D eigenvalue weighted by atomic mass is 10.1. The predicted molar refractivity (Wildman–Crippen MR) is 88.0 cm³/mol. The second-order valence-corrected chi connectivity index (χ2v) is 5.95. The first-order chi connectivity index (χ1) is 11.4. The zero-order valence-electron chi connectivity index (χ0n) is 13.1. The van der Waals surface area contributed by atoms with Crippen LogP contribution in [0.4, 0.5) is 10.7 Å². The van der Waals surface area contributed by atoms with Crippen molar-refractivity contribution in [2.45, 2.75) is 6.92 Å². The number of hydrogen-bond acceptors (Lipinski definition) is 7. The number of thiophene rings is 1. The van der Waals surface area contributed by atoms with Gasteiger partial charge < -0.3 is 14.8 Å². The fourth-order valence-corrected chi connectivity index (χ4v) is 2.91. The third kappa shape index (κ3) is 3.51. The van der Waals surface area contributed by atoms with Gasteiger partial charge in [-0.15, -0.1) is 11.3 Å². The fourth-order valence-electron chi connectivity index (χ4n) is 2.02. The number of nitrogens with zero attached hydrogens (tertiary/aromatic N) is 1. The van der Waals surface area contributed by atoms with Gasteiger partial charge in [-0.1, -0.05) is 0 Å². The molecule has 9 heteroatoms. The second-order valence-electron chi connectivity index (χ2n) is 4.69. The van der Waals surface area contributed by atoms with Crippen molar-refractivity contribution >= 4 is 33.9 Å². The minimum Gasteiger partial charge on any atom is -0.490 e. The monoisotopic (exact) mass is 350 g/mol. The first kappa shape index (κ1) is 17.4. The average molecular weight is 350 g/mol. The molecule has 1 heterocycles. The molecule has 0 spiro atoms. The van der Waals surface area contributed by atoms with Crippen LogP contribution in [-0.4, -0.2) is 31.0 Å². The first-order valence-electron chi connectivity index (χ1n) is 6.70. The van der Waals surface area contributed by atoms with E-state index in [4.69, 9.17) is 4.74 Å². The standard InChI is InChI=1S/C15H14N2O6S/c1-8-6-10(15(19)23-3)14(24-8)16-13(18)9-4-5-12(22-2)11(7-9)17(20)21/h4-7H,1-3H3,(H,16,18). The molecule has 0 aliphatic rings. The van der Waals surface area contributed by atoms with Crippen LogP contribution in [-0.2, 0) is 4.74 Å². The number of carbonyl (C=O) groups is 2. The Labute approximate surface area is 141 Å². The number of benzene rings is 1. The molecule has 24 heavy (non-hydrogen) atoms. The Morgan fingerprint density at radius 3 is 2.54 bits per heavy atom. The van der Waals surface area contributed by atoms with Gasteiger partial charge in [0.05, 0.1) is 24.7 Å². The number of anilines is 1. The Bertz CT molecular complexity index is 814. The Balaban J connectivity index is 2.33. The lowest BCUT2D eigenvalue weighted by Gasteiger charge is -2.07. The van der Waals surface area contributed by atoms with Crippen molar-refractivity contribution in [3.05, 3.63) is 50.4 Å². The van der Waals surface area contributed by atoms with Gasteiger partial charge in [-0.25, -0.2) is 4.79 Å². The molecule has 0 saturated heterocycles. The highest BCUT2D eigenvalue weighted by molar-refractivity contribution is 7.16. The molecule has 8 nitrogen and oxygen atoms in total. The minimum atomic E-state index is -0.634. The molecule has 0 aliphatic carbocycles. The van der Waals surface area contributed by atoms with E-state index >= 15 is 0 Å². The molecule has 0 fully saturated rings. The summed E-state index contributed by atoms with van der Waals surface area (Å²) < 4.78 is 9.56. The largest absolute Gasteiger partial charge is 0.490 e. The molecule has 1 N–H and O–H groups in total. The van der Waals surface area contributed by atoms with Crippen LogP contribution < -0.4 is 10.1 Å². The molecule has 126 valence electrons. The van der Waals surface area contributed by atoms with E-state index in [1.807, 2.05) is 0 Å². The Hall–Kier alpha value is -2.94. The molecule has 2 rings (SSSR count). The molecule has 0 aliphatic heterocycles. The highest BCUT2D eigenvalue weighted by Gasteiger charge is 2.21. The predicted octanol–water partition coefficient (Wildman–Crippen LogP) is 3.01. The summed E-state index contributed by atoms with van der Waals surface area (Å²) in [6, 6.07) is 5.46. The summed E-state index contributed by atoms with van der Waals surface area (Å²) in [4.78, 5) is 35.3. The minimum absolute atomic E-state index is 0.0544. The lowest BCUT2D eigenvalue weighted by Crippen LogP contribution is -2.14. The summed E-state index contributed by atoms with van der Waals surface area (Å²) in [5.41, 5.74) is -0.0126. The van der Waals surface area contributed by atoms with Crippen molar-refractivity contribution in [3.8, 4) is 5.75 Å². The van der Waals surface area contributed by atoms with Gasteiger partial charge in [-0.3, -0.25) is 14.9 Å². The van der Waals surface area contributed by atoms with Crippen molar-refractivity contribution in [2.75, 3.05) is 19.5 Å². The normalized spacial score (nSPS) is 10.1. The number of amides is 1.